The van der Waals surface area contributed by atoms with E-state index in [1.54, 1.807) is 0 Å². The average Bonchev–Trinajstić information content (AvgIpc) is 2.84. The van der Waals surface area contributed by atoms with Gasteiger partial charge >= 0.3 is 0 Å². The van der Waals surface area contributed by atoms with Crippen LogP contribution in [-0.4, -0.2) is 22.4 Å². The van der Waals surface area contributed by atoms with Gasteiger partial charge in [-0.05, 0) is 44.9 Å². The first-order chi connectivity index (χ1) is 7.24. The Hall–Kier alpha value is -0.340. The summed E-state index contributed by atoms with van der Waals surface area (Å²) in [5.74, 6) is 1.72. The molecule has 0 amide bonds. The Kier molecular flexibility index (Phi) is 2.71. The molecule has 2 heteroatoms. The molecule has 0 aromatic heterocycles. The van der Waals surface area contributed by atoms with Crippen LogP contribution in [0.5, 0.6) is 0 Å². The first-order valence-electron chi connectivity index (χ1n) is 6.33. The van der Waals surface area contributed by atoms with Crippen molar-refractivity contribution in [3.05, 3.63) is 12.2 Å². The summed E-state index contributed by atoms with van der Waals surface area (Å²) in [5, 5.41) is 10.1. The van der Waals surface area contributed by atoms with E-state index in [-0.39, 0.29) is 11.7 Å². The predicted octanol–water partition coefficient (Wildman–Crippen LogP) is 2.76. The van der Waals surface area contributed by atoms with Gasteiger partial charge in [0.15, 0.2) is 0 Å². The first-order valence-corrected chi connectivity index (χ1v) is 6.33. The molecule has 4 atom stereocenters. The fourth-order valence-corrected chi connectivity index (χ4v) is 2.87. The standard InChI is InChI=1S/C14H24O2/c1-9(2)6-7-14(5)11-8-10(11)12(16-14)13(3,4)15/h6-7,9-12,15H,8H2,1-5H3/b7-6+. The van der Waals surface area contributed by atoms with E-state index in [0.717, 1.165) is 0 Å². The highest BCUT2D eigenvalue weighted by Gasteiger charge is 2.63. The zero-order chi connectivity index (χ0) is 12.1. The van der Waals surface area contributed by atoms with Gasteiger partial charge in [0.2, 0.25) is 0 Å². The second-order valence-electron chi connectivity index (χ2n) is 6.49. The summed E-state index contributed by atoms with van der Waals surface area (Å²) in [6, 6.07) is 0. The van der Waals surface area contributed by atoms with Crippen molar-refractivity contribution in [2.75, 3.05) is 0 Å². The van der Waals surface area contributed by atoms with Crippen LogP contribution < -0.4 is 0 Å². The monoisotopic (exact) mass is 224 g/mol. The molecule has 1 saturated heterocycles. The van der Waals surface area contributed by atoms with E-state index in [2.05, 4.69) is 32.9 Å². The Morgan fingerprint density at radius 3 is 2.50 bits per heavy atom. The molecule has 1 N–H and O–H groups in total. The number of rotatable bonds is 3. The van der Waals surface area contributed by atoms with E-state index >= 15 is 0 Å². The molecule has 2 nitrogen and oxygen atoms in total. The minimum absolute atomic E-state index is 0.000637. The van der Waals surface area contributed by atoms with Crippen LogP contribution in [0.4, 0.5) is 0 Å². The van der Waals surface area contributed by atoms with Gasteiger partial charge in [0.1, 0.15) is 0 Å². The van der Waals surface area contributed by atoms with Crippen LogP contribution in [0, 0.1) is 17.8 Å². The largest absolute Gasteiger partial charge is 0.388 e. The van der Waals surface area contributed by atoms with E-state index in [0.29, 0.717) is 17.8 Å². The third kappa shape index (κ3) is 2.05. The van der Waals surface area contributed by atoms with E-state index in [4.69, 9.17) is 4.74 Å². The highest BCUT2D eigenvalue weighted by Crippen LogP contribution is 2.60. The molecular formula is C14H24O2. The van der Waals surface area contributed by atoms with Gasteiger partial charge in [-0.1, -0.05) is 26.0 Å². The Labute approximate surface area is 98.7 Å². The van der Waals surface area contributed by atoms with Crippen molar-refractivity contribution in [3.63, 3.8) is 0 Å². The predicted molar refractivity (Wildman–Crippen MR) is 65.2 cm³/mol. The van der Waals surface area contributed by atoms with Gasteiger partial charge in [0.25, 0.3) is 0 Å². The van der Waals surface area contributed by atoms with Crippen molar-refractivity contribution in [3.8, 4) is 0 Å². The van der Waals surface area contributed by atoms with Crippen molar-refractivity contribution in [2.45, 2.75) is 58.3 Å². The highest BCUT2D eigenvalue weighted by molar-refractivity contribution is 5.19. The average molecular weight is 224 g/mol. The topological polar surface area (TPSA) is 29.5 Å². The summed E-state index contributed by atoms with van der Waals surface area (Å²) < 4.78 is 6.09. The van der Waals surface area contributed by atoms with Crippen molar-refractivity contribution >= 4 is 0 Å². The second-order valence-corrected chi connectivity index (χ2v) is 6.49. The molecule has 1 saturated carbocycles. The Morgan fingerprint density at radius 2 is 2.06 bits per heavy atom. The highest BCUT2D eigenvalue weighted by atomic mass is 16.5. The molecular weight excluding hydrogens is 200 g/mol. The molecule has 2 fully saturated rings. The quantitative estimate of drug-likeness (QED) is 0.747. The molecule has 16 heavy (non-hydrogen) atoms. The maximum atomic E-state index is 10.1. The number of fused-ring (bicyclic) bond motifs is 1. The van der Waals surface area contributed by atoms with Crippen LogP contribution in [0.1, 0.15) is 41.0 Å². The lowest BCUT2D eigenvalue weighted by Crippen LogP contribution is -2.41. The minimum atomic E-state index is -0.719. The van der Waals surface area contributed by atoms with Crippen LogP contribution in [0.3, 0.4) is 0 Å². The van der Waals surface area contributed by atoms with Gasteiger partial charge in [0.05, 0.1) is 17.3 Å². The number of hydrogen-bond donors (Lipinski definition) is 1. The van der Waals surface area contributed by atoms with E-state index in [9.17, 15) is 5.11 Å². The molecule has 0 aromatic carbocycles. The lowest BCUT2D eigenvalue weighted by Gasteiger charge is -2.32. The van der Waals surface area contributed by atoms with Crippen molar-refractivity contribution in [1.29, 1.82) is 0 Å². The van der Waals surface area contributed by atoms with Gasteiger partial charge in [-0.3, -0.25) is 0 Å². The van der Waals surface area contributed by atoms with E-state index in [1.165, 1.54) is 6.42 Å². The molecule has 0 spiro atoms. The van der Waals surface area contributed by atoms with Crippen LogP contribution in [-0.2, 0) is 4.74 Å². The molecule has 0 bridgehead atoms. The molecule has 92 valence electrons. The molecule has 0 radical (unpaired) electrons. The summed E-state index contributed by atoms with van der Waals surface area (Å²) in [7, 11) is 0. The van der Waals surface area contributed by atoms with Crippen LogP contribution in [0.25, 0.3) is 0 Å². The van der Waals surface area contributed by atoms with E-state index in [1.807, 2.05) is 13.8 Å². The summed E-state index contributed by atoms with van der Waals surface area (Å²) >= 11 is 0. The number of aliphatic hydroxyl groups is 1. The maximum absolute atomic E-state index is 10.1. The number of hydrogen-bond acceptors (Lipinski definition) is 2. The molecule has 2 rings (SSSR count). The van der Waals surface area contributed by atoms with Gasteiger partial charge in [-0.2, -0.15) is 0 Å². The Morgan fingerprint density at radius 1 is 1.44 bits per heavy atom. The number of allylic oxidation sites excluding steroid dienone is 1. The first kappa shape index (κ1) is 12.1. The van der Waals surface area contributed by atoms with Gasteiger partial charge in [0, 0.05) is 0 Å². The molecule has 4 unspecified atom stereocenters. The smallest absolute Gasteiger partial charge is 0.0900 e. The summed E-state index contributed by atoms with van der Waals surface area (Å²) in [6.07, 6.45) is 5.61. The van der Waals surface area contributed by atoms with Gasteiger partial charge in [-0.15, -0.1) is 0 Å². The fraction of sp³-hybridized carbons (Fsp3) is 0.857. The molecule has 1 aliphatic carbocycles. The van der Waals surface area contributed by atoms with Crippen molar-refractivity contribution < 1.29 is 9.84 Å². The third-order valence-electron chi connectivity index (χ3n) is 3.85. The summed E-state index contributed by atoms with van der Waals surface area (Å²) in [6.45, 7) is 10.2. The lowest BCUT2D eigenvalue weighted by molar-refractivity contribution is -0.120. The zero-order valence-electron chi connectivity index (χ0n) is 11.0. The Balaban J connectivity index is 2.11. The molecule has 0 aromatic rings. The van der Waals surface area contributed by atoms with Crippen LogP contribution >= 0.6 is 0 Å². The molecule has 1 aliphatic heterocycles. The Bertz CT molecular complexity index is 300. The maximum Gasteiger partial charge on any atom is 0.0900 e. The molecule has 2 aliphatic rings. The van der Waals surface area contributed by atoms with Crippen molar-refractivity contribution in [1.82, 2.24) is 0 Å². The van der Waals surface area contributed by atoms with Crippen LogP contribution in [0.2, 0.25) is 0 Å². The van der Waals surface area contributed by atoms with Crippen LogP contribution in [0.15, 0.2) is 12.2 Å². The summed E-state index contributed by atoms with van der Waals surface area (Å²) in [4.78, 5) is 0. The lowest BCUT2D eigenvalue weighted by atomic mass is 9.96. The third-order valence-corrected chi connectivity index (χ3v) is 3.85. The minimum Gasteiger partial charge on any atom is -0.388 e. The normalized spacial score (nSPS) is 43.1. The van der Waals surface area contributed by atoms with E-state index < -0.39 is 5.60 Å². The number of ether oxygens (including phenoxy) is 1. The SMILES string of the molecule is CC(C)/C=C/C1(C)OC(C(C)(C)O)C2CC21. The zero-order valence-corrected chi connectivity index (χ0v) is 11.0. The van der Waals surface area contributed by atoms with Gasteiger partial charge < -0.3 is 9.84 Å². The van der Waals surface area contributed by atoms with Crippen molar-refractivity contribution in [2.24, 2.45) is 17.8 Å². The fourth-order valence-electron chi connectivity index (χ4n) is 2.87. The summed E-state index contributed by atoms with van der Waals surface area (Å²) in [5.41, 5.74) is -0.873. The second kappa shape index (κ2) is 3.58. The molecule has 1 heterocycles. The van der Waals surface area contributed by atoms with Gasteiger partial charge in [-0.25, -0.2) is 0 Å².